The summed E-state index contributed by atoms with van der Waals surface area (Å²) in [4.78, 5) is 30.8. The molecule has 0 saturated carbocycles. The number of hydrogen-bond donors (Lipinski definition) is 2. The summed E-state index contributed by atoms with van der Waals surface area (Å²) in [5.41, 5.74) is 4.39. The number of carbonyl (C=O) groups is 2. The minimum absolute atomic E-state index is 0.114. The van der Waals surface area contributed by atoms with Crippen LogP contribution in [0.1, 0.15) is 42.4 Å². The highest BCUT2D eigenvalue weighted by Crippen LogP contribution is 2.35. The molecule has 6 nitrogen and oxygen atoms in total. The standard InChI is InChI=1S/C26H21ClN2O3.C4H10O/c1-16-14-23-20(25(21(16)15-24(30)31)17-8-10-18(27)11-9-17)12-13-22(28-23)26(32)29(2)19-6-4-3-5-7-19;1-4(2,3)5/h3-14H,15H2,1-2H3,(H,30,31);5H,1-3H3. The summed E-state index contributed by atoms with van der Waals surface area (Å²) in [5.74, 6) is -1.13. The highest BCUT2D eigenvalue weighted by molar-refractivity contribution is 6.30. The third-order valence-corrected chi connectivity index (χ3v) is 5.71. The summed E-state index contributed by atoms with van der Waals surface area (Å²) in [6.45, 7) is 7.09. The van der Waals surface area contributed by atoms with Crippen molar-refractivity contribution in [3.05, 3.63) is 94.6 Å². The topological polar surface area (TPSA) is 90.7 Å². The molecule has 0 saturated heterocycles. The highest BCUT2D eigenvalue weighted by atomic mass is 35.5. The fourth-order valence-electron chi connectivity index (χ4n) is 3.83. The molecule has 0 unspecified atom stereocenters. The van der Waals surface area contributed by atoms with E-state index in [0.29, 0.717) is 16.2 Å². The number of benzene rings is 3. The number of pyridine rings is 1. The van der Waals surface area contributed by atoms with Crippen molar-refractivity contribution in [2.45, 2.75) is 39.7 Å². The zero-order valence-electron chi connectivity index (χ0n) is 21.6. The summed E-state index contributed by atoms with van der Waals surface area (Å²) >= 11 is 6.06. The van der Waals surface area contributed by atoms with E-state index in [1.165, 1.54) is 0 Å². The van der Waals surface area contributed by atoms with Crippen molar-refractivity contribution >= 4 is 40.1 Å². The third kappa shape index (κ3) is 7.38. The number of aryl methyl sites for hydroxylation is 1. The summed E-state index contributed by atoms with van der Waals surface area (Å²) in [6.07, 6.45) is -0.114. The van der Waals surface area contributed by atoms with Crippen molar-refractivity contribution in [3.8, 4) is 11.1 Å². The van der Waals surface area contributed by atoms with Gasteiger partial charge < -0.3 is 15.1 Å². The van der Waals surface area contributed by atoms with Crippen LogP contribution in [-0.2, 0) is 11.2 Å². The van der Waals surface area contributed by atoms with Gasteiger partial charge in [0, 0.05) is 23.1 Å². The van der Waals surface area contributed by atoms with Crippen molar-refractivity contribution in [1.29, 1.82) is 0 Å². The first-order valence-electron chi connectivity index (χ1n) is 11.8. The average molecular weight is 519 g/mol. The van der Waals surface area contributed by atoms with Gasteiger partial charge in [0.1, 0.15) is 5.69 Å². The normalized spacial score (nSPS) is 11.0. The zero-order valence-corrected chi connectivity index (χ0v) is 22.4. The average Bonchev–Trinajstić information content (AvgIpc) is 2.83. The Hall–Kier alpha value is -3.74. The van der Waals surface area contributed by atoms with Gasteiger partial charge in [-0.05, 0) is 92.4 Å². The van der Waals surface area contributed by atoms with Crippen molar-refractivity contribution < 1.29 is 19.8 Å². The lowest BCUT2D eigenvalue weighted by atomic mass is 9.90. The third-order valence-electron chi connectivity index (χ3n) is 5.45. The van der Waals surface area contributed by atoms with E-state index in [1.54, 1.807) is 50.9 Å². The molecule has 192 valence electrons. The number of nitrogens with zero attached hydrogens (tertiary/aromatic N) is 2. The van der Waals surface area contributed by atoms with Crippen molar-refractivity contribution in [2.24, 2.45) is 0 Å². The van der Waals surface area contributed by atoms with Gasteiger partial charge in [0.2, 0.25) is 0 Å². The van der Waals surface area contributed by atoms with Gasteiger partial charge >= 0.3 is 5.97 Å². The number of aliphatic hydroxyl groups is 1. The maximum Gasteiger partial charge on any atom is 0.307 e. The maximum absolute atomic E-state index is 13.0. The van der Waals surface area contributed by atoms with Gasteiger partial charge in [-0.25, -0.2) is 4.98 Å². The largest absolute Gasteiger partial charge is 0.481 e. The van der Waals surface area contributed by atoms with E-state index in [0.717, 1.165) is 33.3 Å². The van der Waals surface area contributed by atoms with Gasteiger partial charge in [0.25, 0.3) is 5.91 Å². The Kier molecular flexibility index (Phi) is 8.69. The number of carboxylic acid groups (broad SMARTS) is 1. The number of carboxylic acids is 1. The number of amides is 1. The number of hydrogen-bond acceptors (Lipinski definition) is 4. The van der Waals surface area contributed by atoms with E-state index in [9.17, 15) is 14.7 Å². The minimum atomic E-state index is -0.910. The van der Waals surface area contributed by atoms with Crippen LogP contribution < -0.4 is 4.90 Å². The maximum atomic E-state index is 13.0. The van der Waals surface area contributed by atoms with Gasteiger partial charge in [-0.1, -0.05) is 41.9 Å². The molecule has 0 aliphatic carbocycles. The molecule has 4 rings (SSSR count). The van der Waals surface area contributed by atoms with Crippen LogP contribution in [0.4, 0.5) is 5.69 Å². The van der Waals surface area contributed by atoms with Gasteiger partial charge in [-0.2, -0.15) is 0 Å². The molecule has 4 aromatic rings. The van der Waals surface area contributed by atoms with Gasteiger partial charge in [0.15, 0.2) is 0 Å². The number of aliphatic carboxylic acids is 1. The second-order valence-corrected chi connectivity index (χ2v) is 10.2. The van der Waals surface area contributed by atoms with Crippen molar-refractivity contribution in [1.82, 2.24) is 4.98 Å². The number of rotatable bonds is 5. The molecular weight excluding hydrogens is 488 g/mol. The first-order valence-corrected chi connectivity index (χ1v) is 12.2. The molecule has 37 heavy (non-hydrogen) atoms. The van der Waals surface area contributed by atoms with Crippen LogP contribution >= 0.6 is 11.6 Å². The van der Waals surface area contributed by atoms with Crippen LogP contribution in [0, 0.1) is 6.92 Å². The van der Waals surface area contributed by atoms with Crippen molar-refractivity contribution in [2.75, 3.05) is 11.9 Å². The Morgan fingerprint density at radius 3 is 2.14 bits per heavy atom. The molecule has 3 aromatic carbocycles. The predicted molar refractivity (Wildman–Crippen MR) is 149 cm³/mol. The van der Waals surface area contributed by atoms with Crippen LogP contribution in [-0.4, -0.2) is 39.7 Å². The molecule has 1 heterocycles. The lowest BCUT2D eigenvalue weighted by Crippen LogP contribution is -2.27. The number of anilines is 1. The predicted octanol–water partition coefficient (Wildman–Crippen LogP) is 6.54. The first-order chi connectivity index (χ1) is 17.3. The molecule has 0 fully saturated rings. The van der Waals surface area contributed by atoms with Crippen LogP contribution in [0.15, 0.2) is 72.8 Å². The van der Waals surface area contributed by atoms with Crippen LogP contribution in [0.5, 0.6) is 0 Å². The van der Waals surface area contributed by atoms with Crippen LogP contribution in [0.2, 0.25) is 5.02 Å². The molecule has 1 amide bonds. The lowest BCUT2D eigenvalue weighted by Gasteiger charge is -2.18. The minimum Gasteiger partial charge on any atom is -0.481 e. The lowest BCUT2D eigenvalue weighted by molar-refractivity contribution is -0.136. The number of fused-ring (bicyclic) bond motifs is 1. The summed E-state index contributed by atoms with van der Waals surface area (Å²) in [7, 11) is 1.71. The van der Waals surface area contributed by atoms with Gasteiger partial charge in [0.05, 0.1) is 17.5 Å². The van der Waals surface area contributed by atoms with E-state index in [4.69, 9.17) is 16.7 Å². The van der Waals surface area contributed by atoms with E-state index < -0.39 is 11.6 Å². The molecule has 2 N–H and O–H groups in total. The Balaban J connectivity index is 0.000000695. The fraction of sp³-hybridized carbons (Fsp3) is 0.233. The molecule has 0 aliphatic heterocycles. The van der Waals surface area contributed by atoms with Gasteiger partial charge in [-0.15, -0.1) is 0 Å². The second-order valence-electron chi connectivity index (χ2n) is 9.76. The quantitative estimate of drug-likeness (QED) is 0.313. The molecule has 0 radical (unpaired) electrons. The smallest absolute Gasteiger partial charge is 0.307 e. The summed E-state index contributed by atoms with van der Waals surface area (Å²) < 4.78 is 0. The van der Waals surface area contributed by atoms with E-state index in [2.05, 4.69) is 4.98 Å². The van der Waals surface area contributed by atoms with E-state index in [-0.39, 0.29) is 12.3 Å². The Morgan fingerprint density at radius 1 is 0.973 bits per heavy atom. The van der Waals surface area contributed by atoms with Crippen LogP contribution in [0.25, 0.3) is 22.0 Å². The molecule has 1 aromatic heterocycles. The summed E-state index contributed by atoms with van der Waals surface area (Å²) in [6, 6.07) is 22.0. The Labute approximate surface area is 222 Å². The van der Waals surface area contributed by atoms with Gasteiger partial charge in [-0.3, -0.25) is 9.59 Å². The Bertz CT molecular complexity index is 1410. The van der Waals surface area contributed by atoms with E-state index >= 15 is 0 Å². The molecule has 0 aliphatic rings. The highest BCUT2D eigenvalue weighted by Gasteiger charge is 2.20. The second kappa shape index (κ2) is 11.5. The molecular formula is C30H31ClN2O4. The monoisotopic (exact) mass is 518 g/mol. The number of halogens is 1. The van der Waals surface area contributed by atoms with Crippen molar-refractivity contribution in [3.63, 3.8) is 0 Å². The fourth-order valence-corrected chi connectivity index (χ4v) is 3.96. The number of aromatic nitrogens is 1. The Morgan fingerprint density at radius 2 is 1.57 bits per heavy atom. The molecule has 0 bridgehead atoms. The SMILES string of the molecule is CC(C)(C)O.Cc1cc2nc(C(=O)N(C)c3ccccc3)ccc2c(-c2ccc(Cl)cc2)c1CC(=O)O. The number of para-hydroxylation sites is 1. The first kappa shape index (κ1) is 27.8. The molecule has 0 atom stereocenters. The number of carbonyl (C=O) groups excluding carboxylic acids is 1. The van der Waals surface area contributed by atoms with E-state index in [1.807, 2.05) is 61.5 Å². The summed E-state index contributed by atoms with van der Waals surface area (Å²) in [5, 5.41) is 19.4. The van der Waals surface area contributed by atoms with Crippen LogP contribution in [0.3, 0.4) is 0 Å². The molecule has 7 heteroatoms. The zero-order chi connectivity index (χ0) is 27.3. The molecule has 0 spiro atoms.